The number of benzene rings is 2. The van der Waals surface area contributed by atoms with Crippen LogP contribution in [-0.2, 0) is 9.53 Å². The lowest BCUT2D eigenvalue weighted by Crippen LogP contribution is -2.36. The quantitative estimate of drug-likeness (QED) is 0.566. The Morgan fingerprint density at radius 1 is 1.16 bits per heavy atom. The monoisotopic (exact) mass is 439 g/mol. The summed E-state index contributed by atoms with van der Waals surface area (Å²) >= 11 is 1.34. The van der Waals surface area contributed by atoms with Crippen LogP contribution in [0.2, 0.25) is 0 Å². The largest absolute Gasteiger partial charge is 0.495 e. The van der Waals surface area contributed by atoms with Gasteiger partial charge < -0.3 is 19.7 Å². The molecule has 1 aliphatic rings. The van der Waals surface area contributed by atoms with E-state index in [1.165, 1.54) is 11.8 Å². The summed E-state index contributed by atoms with van der Waals surface area (Å²) < 4.78 is 12.7. The molecule has 0 spiro atoms. The standard InChI is InChI=1S/C22H25N5O3S/c1-16(31-22-25-23-15-27(22)19-5-3-4-6-20(19)29-2)21(28)24-17-7-9-18(10-8-17)26-11-13-30-14-12-26/h3-10,15-16H,11-14H2,1-2H3,(H,24,28). The molecule has 1 atom stereocenters. The molecule has 1 amide bonds. The average Bonchev–Trinajstić information content (AvgIpc) is 3.28. The minimum atomic E-state index is -0.364. The van der Waals surface area contributed by atoms with Gasteiger partial charge in [0.25, 0.3) is 0 Å². The molecular formula is C22H25N5O3S. The zero-order valence-corrected chi connectivity index (χ0v) is 18.3. The van der Waals surface area contributed by atoms with Crippen LogP contribution in [0.15, 0.2) is 60.0 Å². The molecule has 162 valence electrons. The summed E-state index contributed by atoms with van der Waals surface area (Å²) in [6.07, 6.45) is 1.62. The van der Waals surface area contributed by atoms with Gasteiger partial charge in [-0.3, -0.25) is 9.36 Å². The first-order valence-electron chi connectivity index (χ1n) is 10.1. The normalized spacial score (nSPS) is 14.8. The molecule has 4 rings (SSSR count). The van der Waals surface area contributed by atoms with Crippen LogP contribution < -0.4 is 15.0 Å². The number of thioether (sulfide) groups is 1. The van der Waals surface area contributed by atoms with E-state index < -0.39 is 0 Å². The van der Waals surface area contributed by atoms with Gasteiger partial charge in [0, 0.05) is 24.5 Å². The van der Waals surface area contributed by atoms with E-state index in [0.29, 0.717) is 10.9 Å². The SMILES string of the molecule is COc1ccccc1-n1cnnc1SC(C)C(=O)Nc1ccc(N2CCOCC2)cc1. The number of aromatic nitrogens is 3. The summed E-state index contributed by atoms with van der Waals surface area (Å²) in [7, 11) is 1.62. The Hall–Kier alpha value is -3.04. The molecule has 1 saturated heterocycles. The van der Waals surface area contributed by atoms with Crippen LogP contribution >= 0.6 is 11.8 Å². The summed E-state index contributed by atoms with van der Waals surface area (Å²) in [5.74, 6) is 0.611. The second kappa shape index (κ2) is 9.84. The van der Waals surface area contributed by atoms with E-state index >= 15 is 0 Å². The van der Waals surface area contributed by atoms with Gasteiger partial charge in [-0.05, 0) is 43.3 Å². The molecule has 0 radical (unpaired) electrons. The number of carbonyl (C=O) groups excluding carboxylic acids is 1. The number of hydrogen-bond donors (Lipinski definition) is 1. The minimum absolute atomic E-state index is 0.0984. The lowest BCUT2D eigenvalue weighted by atomic mass is 10.2. The summed E-state index contributed by atoms with van der Waals surface area (Å²) in [6.45, 7) is 5.10. The van der Waals surface area contributed by atoms with Crippen molar-refractivity contribution in [3.05, 3.63) is 54.9 Å². The third-order valence-electron chi connectivity index (χ3n) is 5.02. The van der Waals surface area contributed by atoms with Crippen LogP contribution in [0.4, 0.5) is 11.4 Å². The lowest BCUT2D eigenvalue weighted by Gasteiger charge is -2.28. The first-order chi connectivity index (χ1) is 15.2. The highest BCUT2D eigenvalue weighted by Crippen LogP contribution is 2.29. The first kappa shape index (κ1) is 21.2. The highest BCUT2D eigenvalue weighted by atomic mass is 32.2. The number of carbonyl (C=O) groups is 1. The van der Waals surface area contributed by atoms with Crippen LogP contribution in [0.3, 0.4) is 0 Å². The van der Waals surface area contributed by atoms with Crippen molar-refractivity contribution in [1.29, 1.82) is 0 Å². The number of methoxy groups -OCH3 is 1. The molecule has 1 N–H and O–H groups in total. The highest BCUT2D eigenvalue weighted by Gasteiger charge is 2.20. The molecule has 2 heterocycles. The molecule has 1 aliphatic heterocycles. The van der Waals surface area contributed by atoms with E-state index in [0.717, 1.165) is 43.4 Å². The predicted molar refractivity (Wildman–Crippen MR) is 121 cm³/mol. The van der Waals surface area contributed by atoms with Crippen molar-refractivity contribution in [2.24, 2.45) is 0 Å². The smallest absolute Gasteiger partial charge is 0.237 e. The number of hydrogen-bond acceptors (Lipinski definition) is 7. The van der Waals surface area contributed by atoms with Gasteiger partial charge in [-0.1, -0.05) is 23.9 Å². The molecule has 1 aromatic heterocycles. The average molecular weight is 440 g/mol. The second-order valence-electron chi connectivity index (χ2n) is 7.05. The Morgan fingerprint density at radius 3 is 2.65 bits per heavy atom. The van der Waals surface area contributed by atoms with Crippen molar-refractivity contribution in [2.75, 3.05) is 43.6 Å². The summed E-state index contributed by atoms with van der Waals surface area (Å²) in [5, 5.41) is 11.4. The lowest BCUT2D eigenvalue weighted by molar-refractivity contribution is -0.115. The molecular weight excluding hydrogens is 414 g/mol. The van der Waals surface area contributed by atoms with Gasteiger partial charge in [-0.15, -0.1) is 10.2 Å². The van der Waals surface area contributed by atoms with E-state index in [1.807, 2.05) is 60.0 Å². The molecule has 0 aliphatic carbocycles. The third-order valence-corrected chi connectivity index (χ3v) is 6.08. The molecule has 2 aromatic carbocycles. The summed E-state index contributed by atoms with van der Waals surface area (Å²) in [4.78, 5) is 15.0. The number of nitrogens with one attached hydrogen (secondary N) is 1. The van der Waals surface area contributed by atoms with Crippen LogP contribution in [0.1, 0.15) is 6.92 Å². The Kier molecular flexibility index (Phi) is 6.73. The van der Waals surface area contributed by atoms with Crippen LogP contribution in [0.5, 0.6) is 5.75 Å². The Balaban J connectivity index is 1.40. The van der Waals surface area contributed by atoms with Crippen LogP contribution in [0.25, 0.3) is 5.69 Å². The van der Waals surface area contributed by atoms with Crippen molar-refractivity contribution in [3.63, 3.8) is 0 Å². The van der Waals surface area contributed by atoms with E-state index in [4.69, 9.17) is 9.47 Å². The number of amides is 1. The Morgan fingerprint density at radius 2 is 1.90 bits per heavy atom. The van der Waals surface area contributed by atoms with Gasteiger partial charge in [0.1, 0.15) is 12.1 Å². The van der Waals surface area contributed by atoms with Crippen molar-refractivity contribution in [3.8, 4) is 11.4 Å². The molecule has 9 heteroatoms. The van der Waals surface area contributed by atoms with E-state index in [9.17, 15) is 4.79 Å². The number of ether oxygens (including phenoxy) is 2. The number of rotatable bonds is 7. The highest BCUT2D eigenvalue weighted by molar-refractivity contribution is 8.00. The van der Waals surface area contributed by atoms with Gasteiger partial charge in [0.05, 0.1) is 31.3 Å². The molecule has 0 bridgehead atoms. The van der Waals surface area contributed by atoms with Gasteiger partial charge in [-0.25, -0.2) is 0 Å². The summed E-state index contributed by atoms with van der Waals surface area (Å²) in [6, 6.07) is 15.5. The van der Waals surface area contributed by atoms with Gasteiger partial charge in [-0.2, -0.15) is 0 Å². The molecule has 0 saturated carbocycles. The first-order valence-corrected chi connectivity index (χ1v) is 11.0. The summed E-state index contributed by atoms with van der Waals surface area (Å²) in [5.41, 5.74) is 2.72. The van der Waals surface area contributed by atoms with Gasteiger partial charge in [0.2, 0.25) is 5.91 Å². The predicted octanol–water partition coefficient (Wildman–Crippen LogP) is 3.23. The zero-order valence-electron chi connectivity index (χ0n) is 17.5. The van der Waals surface area contributed by atoms with E-state index in [-0.39, 0.29) is 11.2 Å². The van der Waals surface area contributed by atoms with E-state index in [2.05, 4.69) is 20.4 Å². The van der Waals surface area contributed by atoms with Crippen molar-refractivity contribution in [2.45, 2.75) is 17.3 Å². The maximum Gasteiger partial charge on any atom is 0.237 e. The minimum Gasteiger partial charge on any atom is -0.495 e. The number of para-hydroxylation sites is 2. The van der Waals surface area contributed by atoms with Crippen molar-refractivity contribution < 1.29 is 14.3 Å². The fourth-order valence-electron chi connectivity index (χ4n) is 3.33. The zero-order chi connectivity index (χ0) is 21.6. The molecule has 31 heavy (non-hydrogen) atoms. The molecule has 1 unspecified atom stereocenters. The van der Waals surface area contributed by atoms with Crippen molar-refractivity contribution in [1.82, 2.24) is 14.8 Å². The number of morpholine rings is 1. The van der Waals surface area contributed by atoms with Crippen LogP contribution in [-0.4, -0.2) is 59.3 Å². The van der Waals surface area contributed by atoms with Crippen molar-refractivity contribution >= 4 is 29.0 Å². The van der Waals surface area contributed by atoms with Crippen LogP contribution in [0, 0.1) is 0 Å². The maximum atomic E-state index is 12.8. The number of anilines is 2. The molecule has 1 fully saturated rings. The fourth-order valence-corrected chi connectivity index (χ4v) is 4.17. The van der Waals surface area contributed by atoms with Gasteiger partial charge >= 0.3 is 0 Å². The molecule has 8 nitrogen and oxygen atoms in total. The Bertz CT molecular complexity index is 1020. The molecule has 3 aromatic rings. The number of nitrogens with zero attached hydrogens (tertiary/aromatic N) is 4. The third kappa shape index (κ3) is 5.00. The Labute approximate surface area is 185 Å². The van der Waals surface area contributed by atoms with Gasteiger partial charge in [0.15, 0.2) is 5.16 Å². The fraction of sp³-hybridized carbons (Fsp3) is 0.318. The topological polar surface area (TPSA) is 81.5 Å². The second-order valence-corrected chi connectivity index (χ2v) is 8.36. The maximum absolute atomic E-state index is 12.8. The van der Waals surface area contributed by atoms with E-state index in [1.54, 1.807) is 13.4 Å².